The molecule has 0 heterocycles. The van der Waals surface area contributed by atoms with Crippen LogP contribution in [0.2, 0.25) is 0 Å². The van der Waals surface area contributed by atoms with Crippen LogP contribution < -0.4 is 10.6 Å². The third-order valence-corrected chi connectivity index (χ3v) is 3.09. The molecule has 2 amide bonds. The largest absolute Gasteiger partial charge is 0.444 e. The van der Waals surface area contributed by atoms with Gasteiger partial charge < -0.3 is 20.1 Å². The van der Waals surface area contributed by atoms with Crippen molar-refractivity contribution < 1.29 is 19.1 Å². The van der Waals surface area contributed by atoms with Gasteiger partial charge in [-0.25, -0.2) is 9.59 Å². The Morgan fingerprint density at radius 2 is 1.50 bits per heavy atom. The van der Waals surface area contributed by atoms with E-state index in [1.54, 1.807) is 0 Å². The zero-order valence-corrected chi connectivity index (χ0v) is 16.0. The van der Waals surface area contributed by atoms with E-state index in [1.165, 1.54) is 0 Å². The highest BCUT2D eigenvalue weighted by atomic mass is 79.9. The fraction of sp³-hybridized carbons (Fsp3) is 0.867. The fourth-order valence-corrected chi connectivity index (χ4v) is 2.00. The lowest BCUT2D eigenvalue weighted by Gasteiger charge is -2.23. The Kier molecular flexibility index (Phi) is 8.81. The number of alkyl halides is 1. The van der Waals surface area contributed by atoms with E-state index < -0.39 is 23.4 Å². The summed E-state index contributed by atoms with van der Waals surface area (Å²) < 4.78 is 10.4. The fourth-order valence-electron chi connectivity index (χ4n) is 1.52. The standard InChI is InChI=1S/C15H29BrN2O4/c1-14(2,3)21-12(19)17-9-7-8-11(10-16)18-13(20)22-15(4,5)6/h11H,7-10H2,1-6H3,(H,17,19)(H,18,20). The SMILES string of the molecule is CC(C)(C)OC(=O)NCCCC(CBr)NC(=O)OC(C)(C)C. The van der Waals surface area contributed by atoms with Crippen molar-refractivity contribution in [3.05, 3.63) is 0 Å². The highest BCUT2D eigenvalue weighted by molar-refractivity contribution is 9.09. The van der Waals surface area contributed by atoms with Crippen LogP contribution in [0, 0.1) is 0 Å². The van der Waals surface area contributed by atoms with Crippen molar-refractivity contribution in [3.8, 4) is 0 Å². The average Bonchev–Trinajstić information content (AvgIpc) is 2.28. The van der Waals surface area contributed by atoms with E-state index in [-0.39, 0.29) is 6.04 Å². The molecule has 0 rings (SSSR count). The van der Waals surface area contributed by atoms with E-state index in [1.807, 2.05) is 41.5 Å². The van der Waals surface area contributed by atoms with E-state index in [2.05, 4.69) is 26.6 Å². The summed E-state index contributed by atoms with van der Waals surface area (Å²) in [6.07, 6.45) is 0.589. The Morgan fingerprint density at radius 3 is 1.95 bits per heavy atom. The molecule has 22 heavy (non-hydrogen) atoms. The van der Waals surface area contributed by atoms with Gasteiger partial charge in [-0.15, -0.1) is 0 Å². The molecule has 0 radical (unpaired) electrons. The van der Waals surface area contributed by atoms with Crippen LogP contribution in [-0.4, -0.2) is 41.3 Å². The van der Waals surface area contributed by atoms with Crippen molar-refractivity contribution in [2.75, 3.05) is 11.9 Å². The van der Waals surface area contributed by atoms with E-state index >= 15 is 0 Å². The van der Waals surface area contributed by atoms with Gasteiger partial charge in [0.25, 0.3) is 0 Å². The summed E-state index contributed by atoms with van der Waals surface area (Å²) in [6.45, 7) is 11.4. The molecule has 0 aromatic heterocycles. The molecule has 1 unspecified atom stereocenters. The van der Waals surface area contributed by atoms with Crippen molar-refractivity contribution in [2.24, 2.45) is 0 Å². The molecule has 0 saturated heterocycles. The molecule has 1 atom stereocenters. The first kappa shape index (κ1) is 21.0. The lowest BCUT2D eigenvalue weighted by atomic mass is 10.2. The second-order valence-corrected chi connectivity index (χ2v) is 7.72. The molecule has 0 aromatic rings. The van der Waals surface area contributed by atoms with Crippen LogP contribution in [0.3, 0.4) is 0 Å². The highest BCUT2D eigenvalue weighted by Gasteiger charge is 2.19. The summed E-state index contributed by atoms with van der Waals surface area (Å²) in [6, 6.07) is -0.0460. The van der Waals surface area contributed by atoms with E-state index in [0.29, 0.717) is 11.9 Å². The normalized spacial score (nSPS) is 13.2. The van der Waals surface area contributed by atoms with Gasteiger partial charge in [-0.05, 0) is 54.4 Å². The van der Waals surface area contributed by atoms with Gasteiger partial charge in [-0.1, -0.05) is 15.9 Å². The van der Waals surface area contributed by atoms with Crippen molar-refractivity contribution >= 4 is 28.1 Å². The molecule has 0 saturated carbocycles. The summed E-state index contributed by atoms with van der Waals surface area (Å²) in [7, 11) is 0. The van der Waals surface area contributed by atoms with Crippen molar-refractivity contribution in [1.82, 2.24) is 10.6 Å². The molecule has 0 spiro atoms. The van der Waals surface area contributed by atoms with Crippen LogP contribution in [0.1, 0.15) is 54.4 Å². The number of carbonyl (C=O) groups excluding carboxylic acids is 2. The van der Waals surface area contributed by atoms with Crippen LogP contribution in [0.25, 0.3) is 0 Å². The number of amides is 2. The second kappa shape index (κ2) is 9.22. The maximum atomic E-state index is 11.7. The molecule has 0 aliphatic carbocycles. The van der Waals surface area contributed by atoms with Gasteiger partial charge in [0.15, 0.2) is 0 Å². The molecule has 0 fully saturated rings. The first-order valence-electron chi connectivity index (χ1n) is 7.45. The smallest absolute Gasteiger partial charge is 0.407 e. The quantitative estimate of drug-likeness (QED) is 0.545. The minimum atomic E-state index is -0.515. The van der Waals surface area contributed by atoms with Gasteiger partial charge in [-0.3, -0.25) is 0 Å². The summed E-state index contributed by atoms with van der Waals surface area (Å²) in [5.41, 5.74) is -1.01. The Balaban J connectivity index is 3.96. The van der Waals surface area contributed by atoms with Crippen LogP contribution in [-0.2, 0) is 9.47 Å². The summed E-state index contributed by atoms with van der Waals surface area (Å²) in [5.74, 6) is 0. The number of rotatable bonds is 6. The minimum Gasteiger partial charge on any atom is -0.444 e. The number of nitrogens with one attached hydrogen (secondary N) is 2. The number of carbonyl (C=O) groups is 2. The zero-order chi connectivity index (χ0) is 17.4. The van der Waals surface area contributed by atoms with Crippen LogP contribution >= 0.6 is 15.9 Å². The number of alkyl carbamates (subject to hydrolysis) is 2. The third-order valence-electron chi connectivity index (χ3n) is 2.30. The Bertz CT molecular complexity index is 362. The molecule has 0 bridgehead atoms. The molecular formula is C15H29BrN2O4. The first-order valence-corrected chi connectivity index (χ1v) is 8.57. The highest BCUT2D eigenvalue weighted by Crippen LogP contribution is 2.09. The molecule has 130 valence electrons. The maximum Gasteiger partial charge on any atom is 0.407 e. The predicted molar refractivity (Wildman–Crippen MR) is 90.4 cm³/mol. The van der Waals surface area contributed by atoms with Crippen LogP contribution in [0.5, 0.6) is 0 Å². The summed E-state index contributed by atoms with van der Waals surface area (Å²) in [5, 5.41) is 6.11. The predicted octanol–water partition coefficient (Wildman–Crippen LogP) is 3.58. The monoisotopic (exact) mass is 380 g/mol. The van der Waals surface area contributed by atoms with Crippen molar-refractivity contribution in [1.29, 1.82) is 0 Å². The maximum absolute atomic E-state index is 11.7. The number of ether oxygens (including phenoxy) is 2. The Hall–Kier alpha value is -0.980. The van der Waals surface area contributed by atoms with Crippen molar-refractivity contribution in [3.63, 3.8) is 0 Å². The van der Waals surface area contributed by atoms with Gasteiger partial charge in [0.2, 0.25) is 0 Å². The molecule has 0 aromatic carbocycles. The summed E-state index contributed by atoms with van der Waals surface area (Å²) >= 11 is 3.36. The lowest BCUT2D eigenvalue weighted by molar-refractivity contribution is 0.0493. The molecule has 7 heteroatoms. The Morgan fingerprint density at radius 1 is 1.00 bits per heavy atom. The van der Waals surface area contributed by atoms with Gasteiger partial charge >= 0.3 is 12.2 Å². The number of hydrogen-bond acceptors (Lipinski definition) is 4. The van der Waals surface area contributed by atoms with E-state index in [4.69, 9.17) is 9.47 Å². The van der Waals surface area contributed by atoms with Gasteiger partial charge in [0.05, 0.1) is 0 Å². The Labute approximate surface area is 141 Å². The van der Waals surface area contributed by atoms with Crippen molar-refractivity contribution in [2.45, 2.75) is 71.6 Å². The topological polar surface area (TPSA) is 76.7 Å². The van der Waals surface area contributed by atoms with Crippen LogP contribution in [0.15, 0.2) is 0 Å². The molecule has 2 N–H and O–H groups in total. The van der Waals surface area contributed by atoms with Gasteiger partial charge in [0, 0.05) is 17.9 Å². The molecule has 0 aliphatic heterocycles. The van der Waals surface area contributed by atoms with Gasteiger partial charge in [-0.2, -0.15) is 0 Å². The molecular weight excluding hydrogens is 352 g/mol. The minimum absolute atomic E-state index is 0.0460. The van der Waals surface area contributed by atoms with Crippen LogP contribution in [0.4, 0.5) is 9.59 Å². The first-order chi connectivity index (χ1) is 9.93. The number of halogens is 1. The van der Waals surface area contributed by atoms with Gasteiger partial charge in [0.1, 0.15) is 11.2 Å². The summed E-state index contributed by atoms with van der Waals surface area (Å²) in [4.78, 5) is 23.2. The average molecular weight is 381 g/mol. The number of hydrogen-bond donors (Lipinski definition) is 2. The van der Waals surface area contributed by atoms with E-state index in [0.717, 1.165) is 12.8 Å². The zero-order valence-electron chi connectivity index (χ0n) is 14.4. The second-order valence-electron chi connectivity index (χ2n) is 7.07. The lowest BCUT2D eigenvalue weighted by Crippen LogP contribution is -2.40. The molecule has 6 nitrogen and oxygen atoms in total. The molecule has 0 aliphatic rings. The third kappa shape index (κ3) is 12.7. The van der Waals surface area contributed by atoms with E-state index in [9.17, 15) is 9.59 Å².